The van der Waals surface area contributed by atoms with Crippen LogP contribution in [0.3, 0.4) is 0 Å². The average Bonchev–Trinajstić information content (AvgIpc) is 3.10. The molecule has 0 aromatic heterocycles. The highest BCUT2D eigenvalue weighted by Crippen LogP contribution is 2.33. The predicted molar refractivity (Wildman–Crippen MR) is 98.0 cm³/mol. The number of fused-ring (bicyclic) bond motifs is 1. The molecule has 4 atom stereocenters. The lowest BCUT2D eigenvalue weighted by Gasteiger charge is -2.17. The number of amides is 4. The summed E-state index contributed by atoms with van der Waals surface area (Å²) in [7, 11) is 0. The summed E-state index contributed by atoms with van der Waals surface area (Å²) < 4.78 is 0. The molecular weight excluding hydrogens is 342 g/mol. The highest BCUT2D eigenvalue weighted by atomic mass is 32.2. The maximum atomic E-state index is 12.0. The van der Waals surface area contributed by atoms with E-state index in [4.69, 9.17) is 11.5 Å². The first-order chi connectivity index (χ1) is 12.0. The molecular formula is C16H29N5O3S. The molecule has 2 saturated heterocycles. The van der Waals surface area contributed by atoms with Gasteiger partial charge in [0, 0.05) is 17.4 Å². The molecule has 2 rings (SSSR count). The summed E-state index contributed by atoms with van der Waals surface area (Å²) in [5.74, 6) is 0.310. The third-order valence-corrected chi connectivity index (χ3v) is 6.21. The van der Waals surface area contributed by atoms with Gasteiger partial charge in [-0.05, 0) is 38.6 Å². The van der Waals surface area contributed by atoms with Gasteiger partial charge in [0.05, 0.1) is 12.1 Å². The van der Waals surface area contributed by atoms with Crippen LogP contribution in [0.4, 0.5) is 4.79 Å². The molecule has 0 spiro atoms. The van der Waals surface area contributed by atoms with Crippen molar-refractivity contribution in [2.24, 2.45) is 11.5 Å². The fraction of sp³-hybridized carbons (Fsp3) is 0.812. The van der Waals surface area contributed by atoms with Gasteiger partial charge in [-0.1, -0.05) is 6.42 Å². The largest absolute Gasteiger partial charge is 0.368 e. The molecule has 0 saturated carbocycles. The Bertz CT molecular complexity index is 490. The molecule has 7 N–H and O–H groups in total. The first-order valence-electron chi connectivity index (χ1n) is 8.98. The fourth-order valence-electron chi connectivity index (χ4n) is 3.32. The molecule has 0 aromatic carbocycles. The molecule has 0 aliphatic carbocycles. The number of urea groups is 1. The Balaban J connectivity index is 1.61. The van der Waals surface area contributed by atoms with Crippen molar-refractivity contribution < 1.29 is 14.4 Å². The first-order valence-corrected chi connectivity index (χ1v) is 10.0. The van der Waals surface area contributed by atoms with Crippen molar-refractivity contribution in [1.82, 2.24) is 16.0 Å². The maximum absolute atomic E-state index is 12.0. The van der Waals surface area contributed by atoms with E-state index in [2.05, 4.69) is 16.0 Å². The van der Waals surface area contributed by atoms with Crippen LogP contribution in [0.15, 0.2) is 0 Å². The van der Waals surface area contributed by atoms with Gasteiger partial charge in [0.15, 0.2) is 0 Å². The summed E-state index contributed by atoms with van der Waals surface area (Å²) in [5, 5.41) is 9.01. The van der Waals surface area contributed by atoms with E-state index in [-0.39, 0.29) is 24.0 Å². The smallest absolute Gasteiger partial charge is 0.315 e. The van der Waals surface area contributed by atoms with E-state index >= 15 is 0 Å². The predicted octanol–water partition coefficient (Wildman–Crippen LogP) is -0.189. The fourth-order valence-corrected chi connectivity index (χ4v) is 4.86. The molecule has 25 heavy (non-hydrogen) atoms. The number of carbonyl (C=O) groups is 3. The van der Waals surface area contributed by atoms with Crippen molar-refractivity contribution in [2.45, 2.75) is 68.3 Å². The molecule has 2 aliphatic heterocycles. The Morgan fingerprint density at radius 3 is 2.76 bits per heavy atom. The Kier molecular flexibility index (Phi) is 7.83. The second-order valence-corrected chi connectivity index (χ2v) is 7.95. The van der Waals surface area contributed by atoms with E-state index in [9.17, 15) is 14.4 Å². The van der Waals surface area contributed by atoms with Gasteiger partial charge in [-0.2, -0.15) is 11.8 Å². The minimum Gasteiger partial charge on any atom is -0.368 e. The molecule has 1 unspecified atom stereocenters. The maximum Gasteiger partial charge on any atom is 0.315 e. The lowest BCUT2D eigenvalue weighted by atomic mass is 10.0. The third kappa shape index (κ3) is 6.07. The zero-order valence-electron chi connectivity index (χ0n) is 14.5. The van der Waals surface area contributed by atoms with E-state index in [1.165, 1.54) is 0 Å². The minimum atomic E-state index is -0.607. The monoisotopic (exact) mass is 371 g/mol. The number of hydrogen-bond acceptors (Lipinski definition) is 5. The number of nitrogens with two attached hydrogens (primary N) is 2. The van der Waals surface area contributed by atoms with Crippen LogP contribution < -0.4 is 27.4 Å². The third-order valence-electron chi connectivity index (χ3n) is 4.71. The van der Waals surface area contributed by atoms with Crippen LogP contribution in [-0.2, 0) is 9.59 Å². The van der Waals surface area contributed by atoms with E-state index < -0.39 is 11.9 Å². The van der Waals surface area contributed by atoms with E-state index in [0.717, 1.165) is 37.9 Å². The van der Waals surface area contributed by atoms with Gasteiger partial charge in [-0.15, -0.1) is 0 Å². The Hall–Kier alpha value is -1.48. The normalized spacial score (nSPS) is 25.8. The van der Waals surface area contributed by atoms with Gasteiger partial charge in [0.25, 0.3) is 0 Å². The van der Waals surface area contributed by atoms with Crippen LogP contribution in [0.1, 0.15) is 44.9 Å². The lowest BCUT2D eigenvalue weighted by Crippen LogP contribution is -2.44. The number of unbranched alkanes of at least 4 members (excludes halogenated alkanes) is 2. The number of hydrogen-bond donors (Lipinski definition) is 5. The van der Waals surface area contributed by atoms with Crippen LogP contribution in [0.25, 0.3) is 0 Å². The Morgan fingerprint density at radius 1 is 1.24 bits per heavy atom. The first kappa shape index (κ1) is 19.8. The quantitative estimate of drug-likeness (QED) is 0.253. The zero-order valence-corrected chi connectivity index (χ0v) is 15.3. The van der Waals surface area contributed by atoms with Crippen molar-refractivity contribution in [1.29, 1.82) is 0 Å². The van der Waals surface area contributed by atoms with Crippen molar-refractivity contribution >= 4 is 29.6 Å². The van der Waals surface area contributed by atoms with Gasteiger partial charge < -0.3 is 27.4 Å². The second kappa shape index (κ2) is 9.86. The van der Waals surface area contributed by atoms with Crippen LogP contribution >= 0.6 is 11.8 Å². The Labute approximate surface area is 152 Å². The molecule has 9 heteroatoms. The number of rotatable bonds is 11. The van der Waals surface area contributed by atoms with E-state index in [0.29, 0.717) is 24.6 Å². The van der Waals surface area contributed by atoms with Gasteiger partial charge in [0.1, 0.15) is 6.04 Å². The molecule has 4 amide bonds. The molecule has 2 aliphatic rings. The lowest BCUT2D eigenvalue weighted by molar-refractivity contribution is -0.127. The highest BCUT2D eigenvalue weighted by molar-refractivity contribution is 8.00. The molecule has 0 radical (unpaired) electrons. The number of nitrogens with one attached hydrogen (secondary N) is 3. The van der Waals surface area contributed by atoms with Crippen LogP contribution in [0.2, 0.25) is 0 Å². The van der Waals surface area contributed by atoms with Crippen LogP contribution in [0, 0.1) is 0 Å². The molecule has 0 bridgehead atoms. The molecule has 2 fully saturated rings. The van der Waals surface area contributed by atoms with Crippen molar-refractivity contribution in [3.8, 4) is 0 Å². The highest BCUT2D eigenvalue weighted by Gasteiger charge is 2.42. The summed E-state index contributed by atoms with van der Waals surface area (Å²) in [4.78, 5) is 34.7. The van der Waals surface area contributed by atoms with Gasteiger partial charge >= 0.3 is 6.03 Å². The molecule has 0 aromatic rings. The topological polar surface area (TPSA) is 139 Å². The zero-order chi connectivity index (χ0) is 18.2. The number of primary amides is 1. The van der Waals surface area contributed by atoms with Gasteiger partial charge in [-0.25, -0.2) is 4.79 Å². The van der Waals surface area contributed by atoms with E-state index in [1.54, 1.807) is 0 Å². The number of thioether (sulfide) groups is 1. The number of carbonyl (C=O) groups excluding carboxylic acids is 3. The minimum absolute atomic E-state index is 0.0770. The van der Waals surface area contributed by atoms with Crippen molar-refractivity contribution in [2.75, 3.05) is 12.3 Å². The summed E-state index contributed by atoms with van der Waals surface area (Å²) in [6, 6.07) is -0.250. The van der Waals surface area contributed by atoms with E-state index in [1.807, 2.05) is 11.8 Å². The second-order valence-electron chi connectivity index (χ2n) is 6.67. The standard InChI is InChI=1S/C16H29N5O3S/c17-8-4-3-5-10(15(18)23)19-13(22)7-2-1-6-12-14-11(9-25-12)20-16(24)21-14/h10-12,14H,1-9,17H2,(H2,18,23)(H,19,22)(H2,20,21,24)/t10?,11-,12-,14-/m0/s1. The van der Waals surface area contributed by atoms with Crippen molar-refractivity contribution in [3.05, 3.63) is 0 Å². The summed E-state index contributed by atoms with van der Waals surface area (Å²) in [5.41, 5.74) is 10.8. The van der Waals surface area contributed by atoms with Gasteiger partial charge in [-0.3, -0.25) is 9.59 Å². The van der Waals surface area contributed by atoms with Crippen molar-refractivity contribution in [3.63, 3.8) is 0 Å². The van der Waals surface area contributed by atoms with Gasteiger partial charge in [0.2, 0.25) is 11.8 Å². The molecule has 8 nitrogen and oxygen atoms in total. The molecule has 2 heterocycles. The van der Waals surface area contributed by atoms with Crippen LogP contribution in [-0.4, -0.2) is 53.5 Å². The summed E-state index contributed by atoms with van der Waals surface area (Å²) in [6.07, 6.45) is 5.15. The summed E-state index contributed by atoms with van der Waals surface area (Å²) in [6.45, 7) is 0.566. The SMILES string of the molecule is NCCCCC(NC(=O)CCCC[C@@H]1SC[C@@H]2NC(=O)N[C@@H]21)C(N)=O. The average molecular weight is 372 g/mol. The van der Waals surface area contributed by atoms with Crippen LogP contribution in [0.5, 0.6) is 0 Å². The summed E-state index contributed by atoms with van der Waals surface area (Å²) >= 11 is 1.87. The molecule has 142 valence electrons. The Morgan fingerprint density at radius 2 is 2.04 bits per heavy atom.